The largest absolute Gasteiger partial charge is 0.330 e. The molecule has 2 N–H and O–H groups in total. The van der Waals surface area contributed by atoms with E-state index in [0.29, 0.717) is 30.4 Å². The number of aryl methyl sites for hydroxylation is 1. The van der Waals surface area contributed by atoms with Gasteiger partial charge in [0, 0.05) is 13.1 Å². The van der Waals surface area contributed by atoms with E-state index in [2.05, 4.69) is 0 Å². The Hall–Kier alpha value is -0.920. The molecule has 0 aliphatic heterocycles. The molecule has 120 valence electrons. The maximum absolute atomic E-state index is 12.8. The second-order valence-corrected chi connectivity index (χ2v) is 8.81. The van der Waals surface area contributed by atoms with Crippen molar-refractivity contribution in [1.29, 1.82) is 0 Å². The summed E-state index contributed by atoms with van der Waals surface area (Å²) in [5, 5.41) is 0. The molecule has 0 amide bonds. The third-order valence-electron chi connectivity index (χ3n) is 3.24. The zero-order valence-corrected chi connectivity index (χ0v) is 14.7. The van der Waals surface area contributed by atoms with Gasteiger partial charge in [0.15, 0.2) is 0 Å². The molecular weight excluding hydrogens is 340 g/mol. The number of benzene rings is 1. The van der Waals surface area contributed by atoms with Crippen LogP contribution in [0.5, 0.6) is 0 Å². The van der Waals surface area contributed by atoms with Gasteiger partial charge in [0.1, 0.15) is 4.21 Å². The number of nitrogens with zero attached hydrogens (tertiary/aromatic N) is 1. The number of nitrogens with two attached hydrogens (primary N) is 1. The first-order chi connectivity index (χ1) is 10.4. The fourth-order valence-corrected chi connectivity index (χ4v) is 5.35. The van der Waals surface area contributed by atoms with Crippen LogP contribution in [0.25, 0.3) is 0 Å². The van der Waals surface area contributed by atoms with Crippen molar-refractivity contribution in [3.05, 3.63) is 51.9 Å². The van der Waals surface area contributed by atoms with Crippen molar-refractivity contribution in [2.24, 2.45) is 5.73 Å². The zero-order chi connectivity index (χ0) is 16.2. The highest BCUT2D eigenvalue weighted by Crippen LogP contribution is 2.32. The summed E-state index contributed by atoms with van der Waals surface area (Å²) < 4.78 is 28.0. The van der Waals surface area contributed by atoms with Crippen LogP contribution < -0.4 is 5.73 Å². The molecule has 1 heterocycles. The Bertz CT molecular complexity index is 695. The molecule has 0 aliphatic carbocycles. The lowest BCUT2D eigenvalue weighted by Gasteiger charge is -2.21. The van der Waals surface area contributed by atoms with Crippen LogP contribution in [0.4, 0.5) is 0 Å². The number of halogens is 1. The van der Waals surface area contributed by atoms with Gasteiger partial charge >= 0.3 is 0 Å². The standard InChI is InChI=1S/C15H19ClN2O2S2/c1-12-10-14(21-15(12)16)22(19,20)18(9-5-8-17)11-13-6-3-2-4-7-13/h2-4,6-7,10H,5,8-9,11,17H2,1H3. The van der Waals surface area contributed by atoms with E-state index in [1.54, 1.807) is 13.0 Å². The van der Waals surface area contributed by atoms with E-state index in [1.165, 1.54) is 4.31 Å². The van der Waals surface area contributed by atoms with Gasteiger partial charge in [-0.3, -0.25) is 0 Å². The number of rotatable bonds is 7. The molecule has 0 bridgehead atoms. The molecule has 1 aromatic heterocycles. The minimum absolute atomic E-state index is 0.281. The SMILES string of the molecule is Cc1cc(S(=O)(=O)N(CCCN)Cc2ccccc2)sc1Cl. The average Bonchev–Trinajstić information content (AvgIpc) is 2.85. The molecule has 0 fully saturated rings. The van der Waals surface area contributed by atoms with Crippen LogP contribution in [0.1, 0.15) is 17.5 Å². The topological polar surface area (TPSA) is 63.4 Å². The minimum atomic E-state index is -3.56. The Kier molecular flexibility index (Phi) is 6.00. The monoisotopic (exact) mass is 358 g/mol. The molecule has 0 saturated carbocycles. The third-order valence-corrected chi connectivity index (χ3v) is 7.09. The summed E-state index contributed by atoms with van der Waals surface area (Å²) in [5.41, 5.74) is 7.27. The third kappa shape index (κ3) is 4.08. The smallest absolute Gasteiger partial charge is 0.252 e. The lowest BCUT2D eigenvalue weighted by Crippen LogP contribution is -2.32. The maximum Gasteiger partial charge on any atom is 0.252 e. The van der Waals surface area contributed by atoms with Crippen molar-refractivity contribution in [3.8, 4) is 0 Å². The normalized spacial score (nSPS) is 12.0. The first kappa shape index (κ1) is 17.4. The fourth-order valence-electron chi connectivity index (χ4n) is 2.03. The molecular formula is C15H19ClN2O2S2. The summed E-state index contributed by atoms with van der Waals surface area (Å²) in [6.45, 7) is 2.98. The quantitative estimate of drug-likeness (QED) is 0.826. The van der Waals surface area contributed by atoms with E-state index in [0.717, 1.165) is 22.5 Å². The molecule has 0 spiro atoms. The van der Waals surface area contributed by atoms with Gasteiger partial charge in [-0.2, -0.15) is 4.31 Å². The van der Waals surface area contributed by atoms with Gasteiger partial charge < -0.3 is 5.73 Å². The summed E-state index contributed by atoms with van der Waals surface area (Å²) in [7, 11) is -3.56. The van der Waals surface area contributed by atoms with Gasteiger partial charge in [-0.15, -0.1) is 11.3 Å². The number of hydrogen-bond donors (Lipinski definition) is 1. The average molecular weight is 359 g/mol. The first-order valence-corrected chi connectivity index (χ1v) is 9.58. The molecule has 4 nitrogen and oxygen atoms in total. The van der Waals surface area contributed by atoms with E-state index in [9.17, 15) is 8.42 Å². The molecule has 22 heavy (non-hydrogen) atoms. The highest BCUT2D eigenvalue weighted by atomic mass is 35.5. The predicted octanol–water partition coefficient (Wildman–Crippen LogP) is 3.25. The zero-order valence-electron chi connectivity index (χ0n) is 12.3. The Morgan fingerprint density at radius 1 is 1.27 bits per heavy atom. The van der Waals surface area contributed by atoms with Crippen LogP contribution in [0.3, 0.4) is 0 Å². The Morgan fingerprint density at radius 2 is 1.95 bits per heavy atom. The van der Waals surface area contributed by atoms with Crippen LogP contribution in [-0.2, 0) is 16.6 Å². The van der Waals surface area contributed by atoms with E-state index in [1.807, 2.05) is 30.3 Å². The molecule has 2 aromatic rings. The molecule has 0 radical (unpaired) electrons. The van der Waals surface area contributed by atoms with Crippen LogP contribution in [0.2, 0.25) is 4.34 Å². The van der Waals surface area contributed by atoms with Crippen molar-refractivity contribution in [2.75, 3.05) is 13.1 Å². The number of hydrogen-bond acceptors (Lipinski definition) is 4. The molecule has 0 saturated heterocycles. The van der Waals surface area contributed by atoms with Gasteiger partial charge in [0.25, 0.3) is 10.0 Å². The van der Waals surface area contributed by atoms with Crippen molar-refractivity contribution in [3.63, 3.8) is 0 Å². The Morgan fingerprint density at radius 3 is 2.50 bits per heavy atom. The van der Waals surface area contributed by atoms with Crippen LogP contribution in [0, 0.1) is 6.92 Å². The summed E-state index contributed by atoms with van der Waals surface area (Å²) in [4.78, 5) is 0. The van der Waals surface area contributed by atoms with Gasteiger partial charge in [-0.1, -0.05) is 41.9 Å². The highest BCUT2D eigenvalue weighted by Gasteiger charge is 2.26. The number of sulfonamides is 1. The van der Waals surface area contributed by atoms with Crippen LogP contribution >= 0.6 is 22.9 Å². The summed E-state index contributed by atoms with van der Waals surface area (Å²) in [6.07, 6.45) is 0.615. The minimum Gasteiger partial charge on any atom is -0.330 e. The molecule has 2 rings (SSSR count). The van der Waals surface area contributed by atoms with Crippen LogP contribution in [-0.4, -0.2) is 25.8 Å². The first-order valence-electron chi connectivity index (χ1n) is 6.95. The second-order valence-electron chi connectivity index (χ2n) is 4.99. The van der Waals surface area contributed by atoms with E-state index in [4.69, 9.17) is 17.3 Å². The summed E-state index contributed by atoms with van der Waals surface area (Å²) in [5.74, 6) is 0. The van der Waals surface area contributed by atoms with Crippen molar-refractivity contribution in [1.82, 2.24) is 4.31 Å². The molecule has 0 unspecified atom stereocenters. The lowest BCUT2D eigenvalue weighted by atomic mass is 10.2. The van der Waals surface area contributed by atoms with Gasteiger partial charge in [-0.25, -0.2) is 8.42 Å². The van der Waals surface area contributed by atoms with Crippen molar-refractivity contribution in [2.45, 2.75) is 24.1 Å². The lowest BCUT2D eigenvalue weighted by molar-refractivity contribution is 0.403. The molecule has 0 atom stereocenters. The maximum atomic E-state index is 12.8. The van der Waals surface area contributed by atoms with Crippen LogP contribution in [0.15, 0.2) is 40.6 Å². The number of thiophene rings is 1. The van der Waals surface area contributed by atoms with Crippen molar-refractivity contribution < 1.29 is 8.42 Å². The van der Waals surface area contributed by atoms with E-state index >= 15 is 0 Å². The van der Waals surface area contributed by atoms with Gasteiger partial charge in [-0.05, 0) is 37.1 Å². The van der Waals surface area contributed by atoms with Crippen molar-refractivity contribution >= 4 is 33.0 Å². The summed E-state index contributed by atoms with van der Waals surface area (Å²) in [6, 6.07) is 11.2. The summed E-state index contributed by atoms with van der Waals surface area (Å²) >= 11 is 7.12. The molecule has 0 aliphatic rings. The fraction of sp³-hybridized carbons (Fsp3) is 0.333. The Balaban J connectivity index is 2.30. The van der Waals surface area contributed by atoms with E-state index in [-0.39, 0.29) is 4.21 Å². The highest BCUT2D eigenvalue weighted by molar-refractivity contribution is 7.91. The Labute approximate surface area is 140 Å². The predicted molar refractivity (Wildman–Crippen MR) is 91.8 cm³/mol. The van der Waals surface area contributed by atoms with Gasteiger partial charge in [0.2, 0.25) is 0 Å². The second kappa shape index (κ2) is 7.57. The molecule has 7 heteroatoms. The molecule has 1 aromatic carbocycles. The van der Waals surface area contributed by atoms with E-state index < -0.39 is 10.0 Å². The van der Waals surface area contributed by atoms with Gasteiger partial charge in [0.05, 0.1) is 4.34 Å².